The number of ether oxygens (including phenoxy) is 1. The second-order valence-corrected chi connectivity index (χ2v) is 11.8. The van der Waals surface area contributed by atoms with Gasteiger partial charge < -0.3 is 4.74 Å². The number of hydrogen-bond donors (Lipinski definition) is 0. The number of rotatable bonds is 16. The molecule has 192 valence electrons. The molecule has 0 fully saturated rings. The summed E-state index contributed by atoms with van der Waals surface area (Å²) in [5.41, 5.74) is 3.42. The number of benzene rings is 3. The van der Waals surface area contributed by atoms with Gasteiger partial charge in [-0.3, -0.25) is 4.79 Å². The molecule has 4 heteroatoms. The lowest BCUT2D eigenvalue weighted by Crippen LogP contribution is -2.16. The van der Waals surface area contributed by atoms with E-state index in [0.717, 1.165) is 10.5 Å². The van der Waals surface area contributed by atoms with Gasteiger partial charge in [-0.05, 0) is 60.1 Å². The van der Waals surface area contributed by atoms with Gasteiger partial charge in [-0.1, -0.05) is 106 Å². The van der Waals surface area contributed by atoms with Crippen LogP contribution in [0.25, 0.3) is 11.1 Å². The Kier molecular flexibility index (Phi) is 13.1. The molecule has 0 bridgehead atoms. The van der Waals surface area contributed by atoms with Crippen molar-refractivity contribution in [3.63, 3.8) is 0 Å². The molecule has 2 nitrogen and oxygen atoms in total. The molecule has 0 spiro atoms. The van der Waals surface area contributed by atoms with Crippen LogP contribution in [-0.2, 0) is 16.1 Å². The van der Waals surface area contributed by atoms with Gasteiger partial charge in [0.2, 0.25) is 0 Å². The van der Waals surface area contributed by atoms with E-state index in [4.69, 9.17) is 4.74 Å². The Bertz CT molecular complexity index is 1000. The smallest absolute Gasteiger partial charge is 0.319 e. The lowest BCUT2D eigenvalue weighted by molar-refractivity contribution is -0.143. The lowest BCUT2D eigenvalue weighted by Gasteiger charge is -2.12. The summed E-state index contributed by atoms with van der Waals surface area (Å²) in [6.07, 6.45) is 11.0. The van der Waals surface area contributed by atoms with Gasteiger partial charge in [0.1, 0.15) is 11.9 Å². The number of carbonyl (C=O) groups excluding carboxylic acids is 1. The largest absolute Gasteiger partial charge is 0.460 e. The van der Waals surface area contributed by atoms with Crippen LogP contribution in [0, 0.1) is 0 Å². The third-order valence-electron chi connectivity index (χ3n) is 6.18. The van der Waals surface area contributed by atoms with Crippen LogP contribution >= 0.6 is 23.5 Å². The van der Waals surface area contributed by atoms with Crippen molar-refractivity contribution in [2.45, 2.75) is 86.9 Å². The van der Waals surface area contributed by atoms with Crippen molar-refractivity contribution in [1.82, 2.24) is 0 Å². The third-order valence-corrected chi connectivity index (χ3v) is 8.37. The maximum absolute atomic E-state index is 12.4. The molecule has 0 aliphatic carbocycles. The Balaban J connectivity index is 1.37. The van der Waals surface area contributed by atoms with Crippen LogP contribution in [0.2, 0.25) is 0 Å². The minimum atomic E-state index is -0.253. The summed E-state index contributed by atoms with van der Waals surface area (Å²) >= 11 is 3.50. The summed E-state index contributed by atoms with van der Waals surface area (Å²) in [7, 11) is 0. The molecule has 0 radical (unpaired) electrons. The van der Waals surface area contributed by atoms with Crippen molar-refractivity contribution in [3.8, 4) is 11.1 Å². The summed E-state index contributed by atoms with van der Waals surface area (Å²) in [5, 5.41) is -0.253. The Morgan fingerprint density at radius 3 is 1.89 bits per heavy atom. The first-order valence-electron chi connectivity index (χ1n) is 13.4. The zero-order valence-electron chi connectivity index (χ0n) is 21.8. The molecule has 0 heterocycles. The van der Waals surface area contributed by atoms with Crippen molar-refractivity contribution < 1.29 is 9.53 Å². The van der Waals surface area contributed by atoms with Crippen molar-refractivity contribution in [2.75, 3.05) is 5.75 Å². The molecule has 0 aliphatic rings. The molecule has 36 heavy (non-hydrogen) atoms. The zero-order chi connectivity index (χ0) is 25.4. The molecule has 0 saturated carbocycles. The highest BCUT2D eigenvalue weighted by molar-refractivity contribution is 8.00. The number of unbranched alkanes of at least 4 members (excludes halogenated alkanes) is 7. The number of hydrogen-bond acceptors (Lipinski definition) is 4. The molecule has 0 N–H and O–H groups in total. The lowest BCUT2D eigenvalue weighted by atomic mass is 10.1. The van der Waals surface area contributed by atoms with Crippen molar-refractivity contribution in [2.24, 2.45) is 0 Å². The maximum atomic E-state index is 12.4. The van der Waals surface area contributed by atoms with Crippen molar-refractivity contribution in [3.05, 3.63) is 84.4 Å². The molecular weight excluding hydrogens is 480 g/mol. The summed E-state index contributed by atoms with van der Waals surface area (Å²) in [6, 6.07) is 27.1. The van der Waals surface area contributed by atoms with Crippen molar-refractivity contribution in [1.29, 1.82) is 0 Å². The Morgan fingerprint density at radius 2 is 1.28 bits per heavy atom. The van der Waals surface area contributed by atoms with Crippen molar-refractivity contribution >= 4 is 29.5 Å². The molecule has 3 aromatic carbocycles. The quantitative estimate of drug-likeness (QED) is 0.107. The number of thioether (sulfide) groups is 2. The highest BCUT2D eigenvalue weighted by Crippen LogP contribution is 2.29. The molecule has 1 atom stereocenters. The highest BCUT2D eigenvalue weighted by Gasteiger charge is 2.16. The van der Waals surface area contributed by atoms with E-state index < -0.39 is 0 Å². The van der Waals surface area contributed by atoms with E-state index in [2.05, 4.69) is 55.5 Å². The average Bonchev–Trinajstić information content (AvgIpc) is 2.92. The monoisotopic (exact) mass is 520 g/mol. The van der Waals surface area contributed by atoms with E-state index in [1.165, 1.54) is 84.9 Å². The van der Waals surface area contributed by atoms with Crippen LogP contribution in [0.3, 0.4) is 0 Å². The molecule has 0 amide bonds. The molecule has 3 rings (SSSR count). The molecule has 0 aliphatic heterocycles. The standard InChI is InChI=1S/C32H40O2S2/c1-3-4-5-6-7-8-9-13-24-35-30-20-16-28(17-21-30)29-18-22-31(23-19-29)36-26(2)32(33)34-25-27-14-11-10-12-15-27/h10-12,14-23,26H,3-9,13,24-25H2,1-2H3/t26-/m1/s1. The number of esters is 1. The topological polar surface area (TPSA) is 26.3 Å². The van der Waals surface area contributed by atoms with Gasteiger partial charge in [0.05, 0.1) is 0 Å². The van der Waals surface area contributed by atoms with E-state index in [9.17, 15) is 4.79 Å². The minimum absolute atomic E-state index is 0.187. The second-order valence-electron chi connectivity index (χ2n) is 9.23. The third kappa shape index (κ3) is 10.4. The highest BCUT2D eigenvalue weighted by atomic mass is 32.2. The van der Waals surface area contributed by atoms with Gasteiger partial charge in [0.25, 0.3) is 0 Å². The fourth-order valence-corrected chi connectivity index (χ4v) is 5.77. The van der Waals surface area contributed by atoms with Gasteiger partial charge in [-0.15, -0.1) is 23.5 Å². The fourth-order valence-electron chi connectivity index (χ4n) is 3.99. The maximum Gasteiger partial charge on any atom is 0.319 e. The first kappa shape index (κ1) is 28.4. The van der Waals surface area contributed by atoms with Crippen LogP contribution in [-0.4, -0.2) is 17.0 Å². The summed E-state index contributed by atoms with van der Waals surface area (Å²) in [6.45, 7) is 4.49. The van der Waals surface area contributed by atoms with E-state index in [0.29, 0.717) is 6.61 Å². The summed E-state index contributed by atoms with van der Waals surface area (Å²) < 4.78 is 5.47. The SMILES string of the molecule is CCCCCCCCCCSc1ccc(-c2ccc(S[C@H](C)C(=O)OCc3ccccc3)cc2)cc1. The molecule has 0 aromatic heterocycles. The van der Waals surface area contributed by atoms with Crippen LogP contribution in [0.4, 0.5) is 0 Å². The van der Waals surface area contributed by atoms with Gasteiger partial charge in [0, 0.05) is 9.79 Å². The minimum Gasteiger partial charge on any atom is -0.460 e. The predicted octanol–water partition coefficient (Wildman–Crippen LogP) is 9.81. The normalized spacial score (nSPS) is 11.8. The Hall–Kier alpha value is -2.17. The van der Waals surface area contributed by atoms with Gasteiger partial charge in [0.15, 0.2) is 0 Å². The predicted molar refractivity (Wildman–Crippen MR) is 157 cm³/mol. The van der Waals surface area contributed by atoms with E-state index in [1.54, 1.807) is 0 Å². The van der Waals surface area contributed by atoms with E-state index >= 15 is 0 Å². The first-order chi connectivity index (χ1) is 17.7. The Labute approximate surface area is 226 Å². The molecule has 0 unspecified atom stereocenters. The van der Waals surface area contributed by atoms with Gasteiger partial charge >= 0.3 is 5.97 Å². The van der Waals surface area contributed by atoms with Crippen LogP contribution in [0.1, 0.15) is 70.8 Å². The van der Waals surface area contributed by atoms with Gasteiger partial charge in [-0.2, -0.15) is 0 Å². The summed E-state index contributed by atoms with van der Waals surface area (Å²) in [5.74, 6) is 1.01. The van der Waals surface area contributed by atoms with Crippen LogP contribution in [0.15, 0.2) is 88.7 Å². The fraction of sp³-hybridized carbons (Fsp3) is 0.406. The number of carbonyl (C=O) groups is 1. The molecular formula is C32H40O2S2. The van der Waals surface area contributed by atoms with Crippen LogP contribution < -0.4 is 0 Å². The molecule has 0 saturated heterocycles. The Morgan fingerprint density at radius 1 is 0.722 bits per heavy atom. The molecule has 3 aromatic rings. The zero-order valence-corrected chi connectivity index (χ0v) is 23.4. The van der Waals surface area contributed by atoms with E-state index in [-0.39, 0.29) is 11.2 Å². The average molecular weight is 521 g/mol. The summed E-state index contributed by atoms with van der Waals surface area (Å²) in [4.78, 5) is 14.8. The van der Waals surface area contributed by atoms with Crippen LogP contribution in [0.5, 0.6) is 0 Å². The first-order valence-corrected chi connectivity index (χ1v) is 15.2. The van der Waals surface area contributed by atoms with E-state index in [1.807, 2.05) is 49.0 Å². The van der Waals surface area contributed by atoms with Gasteiger partial charge in [-0.25, -0.2) is 0 Å². The second kappa shape index (κ2) is 16.6.